The van der Waals surface area contributed by atoms with Crippen molar-refractivity contribution in [3.05, 3.63) is 36.4 Å². The Bertz CT molecular complexity index is 139. The van der Waals surface area contributed by atoms with Crippen LogP contribution in [0.4, 0.5) is 0 Å². The first kappa shape index (κ1) is 13.7. The van der Waals surface area contributed by atoms with Crippen LogP contribution in [0, 0.1) is 0 Å². The first-order valence-corrected chi connectivity index (χ1v) is 6.60. The second-order valence-corrected chi connectivity index (χ2v) is 4.05. The lowest BCUT2D eigenvalue weighted by atomic mass is 10.2. The normalized spacial score (nSPS) is 9.00. The molecular formula is C13H21Br. The summed E-state index contributed by atoms with van der Waals surface area (Å²) in [7, 11) is 0. The van der Waals surface area contributed by atoms with E-state index in [1.807, 2.05) is 36.4 Å². The summed E-state index contributed by atoms with van der Waals surface area (Å²) >= 11 is 3.40. The number of hydrogen-bond acceptors (Lipinski definition) is 0. The molecule has 14 heavy (non-hydrogen) atoms. The molecule has 0 nitrogen and oxygen atoms in total. The zero-order valence-electron chi connectivity index (χ0n) is 9.08. The molecule has 0 amide bonds. The molecule has 0 heterocycles. The van der Waals surface area contributed by atoms with E-state index in [4.69, 9.17) is 0 Å². The fourth-order valence-corrected chi connectivity index (χ4v) is 1.48. The van der Waals surface area contributed by atoms with Crippen molar-refractivity contribution in [2.24, 2.45) is 0 Å². The predicted molar refractivity (Wildman–Crippen MR) is 69.0 cm³/mol. The van der Waals surface area contributed by atoms with E-state index in [2.05, 4.69) is 22.9 Å². The molecule has 1 heteroatoms. The highest BCUT2D eigenvalue weighted by atomic mass is 79.9. The van der Waals surface area contributed by atoms with E-state index in [1.165, 1.54) is 37.4 Å². The van der Waals surface area contributed by atoms with Gasteiger partial charge in [0.2, 0.25) is 0 Å². The van der Waals surface area contributed by atoms with Gasteiger partial charge >= 0.3 is 0 Å². The molecule has 0 aliphatic heterocycles. The SMILES string of the molecule is CCCCCCCBr.c1ccccc1. The summed E-state index contributed by atoms with van der Waals surface area (Å²) < 4.78 is 0. The number of rotatable bonds is 5. The van der Waals surface area contributed by atoms with Gasteiger partial charge in [-0.2, -0.15) is 0 Å². The molecular weight excluding hydrogens is 236 g/mol. The highest BCUT2D eigenvalue weighted by Gasteiger charge is 1.84. The van der Waals surface area contributed by atoms with Crippen LogP contribution in [0.2, 0.25) is 0 Å². The Hall–Kier alpha value is -0.300. The van der Waals surface area contributed by atoms with Gasteiger partial charge in [-0.3, -0.25) is 0 Å². The Morgan fingerprint density at radius 3 is 1.50 bits per heavy atom. The van der Waals surface area contributed by atoms with Crippen molar-refractivity contribution in [3.63, 3.8) is 0 Å². The van der Waals surface area contributed by atoms with Gasteiger partial charge in [0, 0.05) is 5.33 Å². The second-order valence-electron chi connectivity index (χ2n) is 3.26. The lowest BCUT2D eigenvalue weighted by Crippen LogP contribution is -1.76. The van der Waals surface area contributed by atoms with Crippen LogP contribution in [-0.4, -0.2) is 5.33 Å². The third kappa shape index (κ3) is 11.7. The van der Waals surface area contributed by atoms with Crippen molar-refractivity contribution >= 4 is 15.9 Å². The summed E-state index contributed by atoms with van der Waals surface area (Å²) in [6, 6.07) is 12.0. The van der Waals surface area contributed by atoms with Gasteiger partial charge in [-0.25, -0.2) is 0 Å². The Balaban J connectivity index is 0.000000249. The van der Waals surface area contributed by atoms with Gasteiger partial charge in [-0.05, 0) is 6.42 Å². The molecule has 1 aromatic carbocycles. The van der Waals surface area contributed by atoms with Crippen LogP contribution in [-0.2, 0) is 0 Å². The van der Waals surface area contributed by atoms with E-state index in [1.54, 1.807) is 0 Å². The highest BCUT2D eigenvalue weighted by Crippen LogP contribution is 2.03. The maximum absolute atomic E-state index is 3.40. The zero-order chi connectivity index (χ0) is 10.5. The minimum absolute atomic E-state index is 1.18. The predicted octanol–water partition coefficient (Wildman–Crippen LogP) is 5.04. The largest absolute Gasteiger partial charge is 0.0928 e. The maximum atomic E-state index is 3.40. The fourth-order valence-electron chi connectivity index (χ4n) is 1.08. The molecule has 0 aliphatic rings. The van der Waals surface area contributed by atoms with Crippen molar-refractivity contribution in [1.82, 2.24) is 0 Å². The molecule has 0 radical (unpaired) electrons. The summed E-state index contributed by atoms with van der Waals surface area (Å²) in [5.41, 5.74) is 0. The van der Waals surface area contributed by atoms with Crippen LogP contribution in [0.5, 0.6) is 0 Å². The first-order valence-electron chi connectivity index (χ1n) is 5.47. The van der Waals surface area contributed by atoms with Crippen LogP contribution in [0.3, 0.4) is 0 Å². The lowest BCUT2D eigenvalue weighted by Gasteiger charge is -1.93. The van der Waals surface area contributed by atoms with Crippen molar-refractivity contribution in [1.29, 1.82) is 0 Å². The first-order chi connectivity index (χ1) is 6.91. The van der Waals surface area contributed by atoms with E-state index >= 15 is 0 Å². The monoisotopic (exact) mass is 256 g/mol. The Labute approximate surface area is 96.9 Å². The van der Waals surface area contributed by atoms with E-state index in [0.717, 1.165) is 0 Å². The molecule has 0 spiro atoms. The smallest absolute Gasteiger partial charge is 0.00313 e. The minimum Gasteiger partial charge on any atom is -0.0928 e. The molecule has 0 unspecified atom stereocenters. The number of benzene rings is 1. The quantitative estimate of drug-likeness (QED) is 0.512. The topological polar surface area (TPSA) is 0 Å². The molecule has 0 atom stereocenters. The van der Waals surface area contributed by atoms with Crippen LogP contribution in [0.1, 0.15) is 39.0 Å². The molecule has 1 rings (SSSR count). The van der Waals surface area contributed by atoms with Gasteiger partial charge in [-0.15, -0.1) is 0 Å². The summed E-state index contributed by atoms with van der Waals surface area (Å²) in [4.78, 5) is 0. The van der Waals surface area contributed by atoms with Crippen LogP contribution in [0.15, 0.2) is 36.4 Å². The van der Waals surface area contributed by atoms with Gasteiger partial charge in [0.05, 0.1) is 0 Å². The average molecular weight is 257 g/mol. The number of unbranched alkanes of at least 4 members (excludes halogenated alkanes) is 4. The van der Waals surface area contributed by atoms with Gasteiger partial charge in [0.25, 0.3) is 0 Å². The Morgan fingerprint density at radius 2 is 1.14 bits per heavy atom. The van der Waals surface area contributed by atoms with Crippen molar-refractivity contribution in [3.8, 4) is 0 Å². The van der Waals surface area contributed by atoms with Crippen LogP contribution in [0.25, 0.3) is 0 Å². The van der Waals surface area contributed by atoms with Crippen molar-refractivity contribution < 1.29 is 0 Å². The summed E-state index contributed by atoms with van der Waals surface area (Å²) in [6.45, 7) is 2.24. The molecule has 0 saturated carbocycles. The molecule has 0 N–H and O–H groups in total. The van der Waals surface area contributed by atoms with Gasteiger partial charge in [0.15, 0.2) is 0 Å². The number of halogens is 1. The van der Waals surface area contributed by atoms with Gasteiger partial charge in [-0.1, -0.05) is 84.9 Å². The summed E-state index contributed by atoms with van der Waals surface area (Å²) in [5.74, 6) is 0. The Morgan fingerprint density at radius 1 is 0.714 bits per heavy atom. The molecule has 0 saturated heterocycles. The summed E-state index contributed by atoms with van der Waals surface area (Å²) in [5, 5.41) is 1.18. The van der Waals surface area contributed by atoms with Crippen LogP contribution >= 0.6 is 15.9 Å². The molecule has 80 valence electrons. The molecule has 0 bridgehead atoms. The van der Waals surface area contributed by atoms with Crippen molar-refractivity contribution in [2.45, 2.75) is 39.0 Å². The highest BCUT2D eigenvalue weighted by molar-refractivity contribution is 9.09. The third-order valence-corrected chi connectivity index (χ3v) is 2.46. The molecule has 0 aliphatic carbocycles. The number of alkyl halides is 1. The van der Waals surface area contributed by atoms with Gasteiger partial charge < -0.3 is 0 Å². The molecule has 1 aromatic rings. The average Bonchev–Trinajstić information content (AvgIpc) is 2.28. The van der Waals surface area contributed by atoms with E-state index in [-0.39, 0.29) is 0 Å². The third-order valence-electron chi connectivity index (χ3n) is 1.90. The molecule has 0 aromatic heterocycles. The van der Waals surface area contributed by atoms with Crippen molar-refractivity contribution in [2.75, 3.05) is 5.33 Å². The zero-order valence-corrected chi connectivity index (χ0v) is 10.7. The minimum atomic E-state index is 1.18. The van der Waals surface area contributed by atoms with E-state index < -0.39 is 0 Å². The standard InChI is InChI=1S/C7H15Br.C6H6/c1-2-3-4-5-6-7-8;1-2-4-6-5-3-1/h2-7H2,1H3;1-6H. The molecule has 0 fully saturated rings. The fraction of sp³-hybridized carbons (Fsp3) is 0.538. The number of hydrogen-bond donors (Lipinski definition) is 0. The van der Waals surface area contributed by atoms with Gasteiger partial charge in [0.1, 0.15) is 0 Å². The maximum Gasteiger partial charge on any atom is 0.00313 e. The lowest BCUT2D eigenvalue weighted by molar-refractivity contribution is 0.660. The second kappa shape index (κ2) is 12.7. The van der Waals surface area contributed by atoms with Crippen LogP contribution < -0.4 is 0 Å². The van der Waals surface area contributed by atoms with E-state index in [0.29, 0.717) is 0 Å². The van der Waals surface area contributed by atoms with E-state index in [9.17, 15) is 0 Å². The summed E-state index contributed by atoms with van der Waals surface area (Å²) in [6.07, 6.45) is 6.93. The Kier molecular flexibility index (Phi) is 12.4.